The lowest BCUT2D eigenvalue weighted by molar-refractivity contribution is 0.223. The highest BCUT2D eigenvalue weighted by Crippen LogP contribution is 2.42. The second-order valence-electron chi connectivity index (χ2n) is 6.66. The number of halogens is 2. The predicted molar refractivity (Wildman–Crippen MR) is 86.2 cm³/mol. The number of hydrogen-bond donors (Lipinski definition) is 1. The van der Waals surface area contributed by atoms with Crippen molar-refractivity contribution in [3.63, 3.8) is 0 Å². The van der Waals surface area contributed by atoms with Crippen LogP contribution in [0.2, 0.25) is 0 Å². The molecule has 0 radical (unpaired) electrons. The van der Waals surface area contributed by atoms with Crippen LogP contribution >= 0.6 is 15.9 Å². The molecule has 1 fully saturated rings. The van der Waals surface area contributed by atoms with Crippen LogP contribution in [0.3, 0.4) is 0 Å². The average molecular weight is 342 g/mol. The third kappa shape index (κ3) is 4.29. The first kappa shape index (κ1) is 16.0. The van der Waals surface area contributed by atoms with Gasteiger partial charge in [-0.2, -0.15) is 0 Å². The van der Waals surface area contributed by atoms with Crippen molar-refractivity contribution in [1.82, 2.24) is 5.32 Å². The van der Waals surface area contributed by atoms with Gasteiger partial charge in [-0.15, -0.1) is 0 Å². The van der Waals surface area contributed by atoms with Crippen LogP contribution in [-0.4, -0.2) is 6.54 Å². The van der Waals surface area contributed by atoms with E-state index >= 15 is 0 Å². The van der Waals surface area contributed by atoms with Gasteiger partial charge in [0.2, 0.25) is 0 Å². The monoisotopic (exact) mass is 341 g/mol. The Balaban J connectivity index is 1.88. The highest BCUT2D eigenvalue weighted by Gasteiger charge is 2.33. The van der Waals surface area contributed by atoms with E-state index in [1.165, 1.54) is 32.1 Å². The standard InChI is InChI=1S/C17H25BrFN/c1-13(2)10-17(7-3-4-8-17)12-20-11-14-5-6-15(18)16(19)9-14/h5-6,9,13,20H,3-4,7-8,10-12H2,1-2H3. The summed E-state index contributed by atoms with van der Waals surface area (Å²) in [6, 6.07) is 5.37. The zero-order chi connectivity index (χ0) is 14.6. The van der Waals surface area contributed by atoms with Crippen molar-refractivity contribution in [3.05, 3.63) is 34.1 Å². The van der Waals surface area contributed by atoms with Crippen molar-refractivity contribution in [2.24, 2.45) is 11.3 Å². The van der Waals surface area contributed by atoms with Gasteiger partial charge in [0.15, 0.2) is 0 Å². The van der Waals surface area contributed by atoms with Crippen molar-refractivity contribution < 1.29 is 4.39 Å². The van der Waals surface area contributed by atoms with Crippen molar-refractivity contribution in [1.29, 1.82) is 0 Å². The Morgan fingerprint density at radius 1 is 1.30 bits per heavy atom. The Kier molecular flexibility index (Phi) is 5.62. The van der Waals surface area contributed by atoms with Gasteiger partial charge in [-0.25, -0.2) is 4.39 Å². The molecule has 1 N–H and O–H groups in total. The van der Waals surface area contributed by atoms with Crippen LogP contribution in [-0.2, 0) is 6.54 Å². The molecule has 0 bridgehead atoms. The fourth-order valence-corrected chi connectivity index (χ4v) is 3.81. The molecule has 0 aromatic heterocycles. The van der Waals surface area contributed by atoms with Crippen molar-refractivity contribution in [2.75, 3.05) is 6.54 Å². The smallest absolute Gasteiger partial charge is 0.137 e. The van der Waals surface area contributed by atoms with Gasteiger partial charge in [-0.3, -0.25) is 0 Å². The second-order valence-corrected chi connectivity index (χ2v) is 7.51. The SMILES string of the molecule is CC(C)CC1(CNCc2ccc(Br)c(F)c2)CCCC1. The molecule has 0 saturated heterocycles. The minimum atomic E-state index is -0.179. The van der Waals surface area contributed by atoms with Gasteiger partial charge >= 0.3 is 0 Å². The molecule has 0 heterocycles. The Morgan fingerprint density at radius 3 is 2.60 bits per heavy atom. The lowest BCUT2D eigenvalue weighted by atomic mass is 9.78. The van der Waals surface area contributed by atoms with E-state index in [1.54, 1.807) is 12.1 Å². The number of benzene rings is 1. The fourth-order valence-electron chi connectivity index (χ4n) is 3.57. The summed E-state index contributed by atoms with van der Waals surface area (Å²) >= 11 is 3.19. The highest BCUT2D eigenvalue weighted by molar-refractivity contribution is 9.10. The lowest BCUT2D eigenvalue weighted by Crippen LogP contribution is -2.33. The lowest BCUT2D eigenvalue weighted by Gasteiger charge is -2.31. The van der Waals surface area contributed by atoms with E-state index in [9.17, 15) is 4.39 Å². The zero-order valence-electron chi connectivity index (χ0n) is 12.5. The van der Waals surface area contributed by atoms with Gasteiger partial charge in [0.05, 0.1) is 4.47 Å². The molecule has 112 valence electrons. The van der Waals surface area contributed by atoms with Gasteiger partial charge in [-0.05, 0) is 64.2 Å². The highest BCUT2D eigenvalue weighted by atomic mass is 79.9. The molecule has 0 amide bonds. The van der Waals surface area contributed by atoms with Crippen LogP contribution in [0.1, 0.15) is 51.5 Å². The molecule has 1 aromatic rings. The fraction of sp³-hybridized carbons (Fsp3) is 0.647. The summed E-state index contributed by atoms with van der Waals surface area (Å²) in [4.78, 5) is 0. The first-order valence-electron chi connectivity index (χ1n) is 7.65. The number of hydrogen-bond acceptors (Lipinski definition) is 1. The molecule has 20 heavy (non-hydrogen) atoms. The maximum Gasteiger partial charge on any atom is 0.137 e. The molecule has 3 heteroatoms. The topological polar surface area (TPSA) is 12.0 Å². The van der Waals surface area contributed by atoms with Gasteiger partial charge in [0.1, 0.15) is 5.82 Å². The second kappa shape index (κ2) is 7.04. The molecule has 0 aliphatic heterocycles. The molecule has 1 saturated carbocycles. The molecule has 1 aliphatic carbocycles. The van der Waals surface area contributed by atoms with Gasteiger partial charge < -0.3 is 5.32 Å². The Labute approximate surface area is 130 Å². The van der Waals surface area contributed by atoms with Gasteiger partial charge in [0, 0.05) is 13.1 Å². The van der Waals surface area contributed by atoms with Crippen molar-refractivity contribution in [3.8, 4) is 0 Å². The molecular formula is C17H25BrFN. The van der Waals surface area contributed by atoms with E-state index in [1.807, 2.05) is 6.07 Å². The Bertz CT molecular complexity index is 439. The quantitative estimate of drug-likeness (QED) is 0.741. The molecule has 0 atom stereocenters. The van der Waals surface area contributed by atoms with Crippen molar-refractivity contribution >= 4 is 15.9 Å². The first-order valence-corrected chi connectivity index (χ1v) is 8.45. The summed E-state index contributed by atoms with van der Waals surface area (Å²) in [7, 11) is 0. The number of rotatable bonds is 6. The van der Waals surface area contributed by atoms with E-state index in [-0.39, 0.29) is 5.82 Å². The summed E-state index contributed by atoms with van der Waals surface area (Å²) in [5.41, 5.74) is 1.49. The van der Waals surface area contributed by atoms with E-state index < -0.39 is 0 Å². The first-order chi connectivity index (χ1) is 9.51. The minimum Gasteiger partial charge on any atom is -0.312 e. The van der Waals surface area contributed by atoms with Crippen LogP contribution in [0.4, 0.5) is 4.39 Å². The minimum absolute atomic E-state index is 0.179. The summed E-state index contributed by atoms with van der Waals surface area (Å²) in [5.74, 6) is 0.571. The zero-order valence-corrected chi connectivity index (χ0v) is 14.1. The summed E-state index contributed by atoms with van der Waals surface area (Å²) < 4.78 is 14.0. The van der Waals surface area contributed by atoms with Crippen LogP contribution in [0, 0.1) is 17.2 Å². The predicted octanol–water partition coefficient (Wildman–Crippen LogP) is 5.28. The Hall–Kier alpha value is -0.410. The largest absolute Gasteiger partial charge is 0.312 e. The summed E-state index contributed by atoms with van der Waals surface area (Å²) in [5, 5.41) is 3.55. The van der Waals surface area contributed by atoms with Crippen LogP contribution in [0.5, 0.6) is 0 Å². The van der Waals surface area contributed by atoms with Crippen LogP contribution in [0.15, 0.2) is 22.7 Å². The average Bonchev–Trinajstić information content (AvgIpc) is 2.81. The van der Waals surface area contributed by atoms with E-state index in [2.05, 4.69) is 35.1 Å². The summed E-state index contributed by atoms with van der Waals surface area (Å²) in [6.07, 6.45) is 6.71. The molecule has 2 rings (SSSR count). The van der Waals surface area contributed by atoms with Crippen molar-refractivity contribution in [2.45, 2.75) is 52.5 Å². The summed E-state index contributed by atoms with van der Waals surface area (Å²) in [6.45, 7) is 6.43. The maximum absolute atomic E-state index is 13.5. The normalized spacial score (nSPS) is 17.9. The molecule has 1 nitrogen and oxygen atoms in total. The third-order valence-electron chi connectivity index (χ3n) is 4.32. The van der Waals surface area contributed by atoms with E-state index in [0.29, 0.717) is 9.89 Å². The molecule has 1 aliphatic rings. The molecule has 1 aromatic carbocycles. The molecule has 0 spiro atoms. The van der Waals surface area contributed by atoms with E-state index in [4.69, 9.17) is 0 Å². The Morgan fingerprint density at radius 2 is 2.00 bits per heavy atom. The molecule has 0 unspecified atom stereocenters. The van der Waals surface area contributed by atoms with Gasteiger partial charge in [0.25, 0.3) is 0 Å². The molecular weight excluding hydrogens is 317 g/mol. The van der Waals surface area contributed by atoms with Crippen LogP contribution in [0.25, 0.3) is 0 Å². The van der Waals surface area contributed by atoms with Crippen LogP contribution < -0.4 is 5.32 Å². The van der Waals surface area contributed by atoms with Gasteiger partial charge in [-0.1, -0.05) is 32.8 Å². The maximum atomic E-state index is 13.5. The third-order valence-corrected chi connectivity index (χ3v) is 4.96. The number of nitrogens with one attached hydrogen (secondary N) is 1. The van der Waals surface area contributed by atoms with E-state index in [0.717, 1.165) is 24.6 Å².